The number of hydrogen-bond donors (Lipinski definition) is 1. The fourth-order valence-corrected chi connectivity index (χ4v) is 2.44. The molecule has 4 heteroatoms. The summed E-state index contributed by atoms with van der Waals surface area (Å²) < 4.78 is 2.02. The van der Waals surface area contributed by atoms with E-state index in [1.165, 1.54) is 5.56 Å². The van der Waals surface area contributed by atoms with Gasteiger partial charge in [-0.1, -0.05) is 36.4 Å². The van der Waals surface area contributed by atoms with E-state index in [0.717, 1.165) is 11.5 Å². The summed E-state index contributed by atoms with van der Waals surface area (Å²) in [6.07, 6.45) is 2.00. The van der Waals surface area contributed by atoms with Gasteiger partial charge in [0.15, 0.2) is 11.5 Å². The highest BCUT2D eigenvalue weighted by Crippen LogP contribution is 2.18. The van der Waals surface area contributed by atoms with Gasteiger partial charge in [-0.05, 0) is 31.5 Å². The van der Waals surface area contributed by atoms with Crippen LogP contribution in [0.3, 0.4) is 0 Å². The van der Waals surface area contributed by atoms with Gasteiger partial charge in [-0.25, -0.2) is 0 Å². The molecule has 0 aliphatic carbocycles. The Morgan fingerprint density at radius 1 is 0.900 bits per heavy atom. The molecular weight excluding hydrogens is 248 g/mol. The van der Waals surface area contributed by atoms with Crippen LogP contribution in [0, 0.1) is 0 Å². The molecule has 2 aromatic heterocycles. The first kappa shape index (κ1) is 12.8. The molecule has 4 nitrogen and oxygen atoms in total. The van der Waals surface area contributed by atoms with Crippen LogP contribution in [0.15, 0.2) is 54.7 Å². The third-order valence-corrected chi connectivity index (χ3v) is 3.53. The Balaban J connectivity index is 1.81. The first-order chi connectivity index (χ1) is 9.75. The molecule has 0 saturated carbocycles. The number of nitrogens with zero attached hydrogens (tertiary/aromatic N) is 3. The molecule has 20 heavy (non-hydrogen) atoms. The predicted molar refractivity (Wildman–Crippen MR) is 79.4 cm³/mol. The van der Waals surface area contributed by atoms with Gasteiger partial charge in [-0.15, -0.1) is 10.2 Å². The van der Waals surface area contributed by atoms with Crippen LogP contribution in [0.4, 0.5) is 0 Å². The maximum Gasteiger partial charge on any atom is 0.160 e. The number of nitrogens with one attached hydrogen (secondary N) is 1. The zero-order valence-corrected chi connectivity index (χ0v) is 11.7. The highest BCUT2D eigenvalue weighted by atomic mass is 15.3. The molecule has 3 aromatic rings. The van der Waals surface area contributed by atoms with E-state index >= 15 is 0 Å². The topological polar surface area (TPSA) is 42.2 Å². The van der Waals surface area contributed by atoms with Gasteiger partial charge in [0.1, 0.15) is 0 Å². The van der Waals surface area contributed by atoms with Gasteiger partial charge in [0.2, 0.25) is 0 Å². The minimum atomic E-state index is 0.127. The standard InChI is InChI=1S/C16H18N4/c1-12(14-8-4-3-5-9-14)17-13(2)16-19-18-15-10-6-7-11-20(15)16/h3-13,17H,1-2H3. The first-order valence-electron chi connectivity index (χ1n) is 6.86. The SMILES string of the molecule is CC(NC(C)c1nnc2ccccn12)c1ccccc1. The van der Waals surface area contributed by atoms with Crippen molar-refractivity contribution in [2.75, 3.05) is 0 Å². The maximum atomic E-state index is 4.29. The van der Waals surface area contributed by atoms with Crippen molar-refractivity contribution in [1.82, 2.24) is 19.9 Å². The van der Waals surface area contributed by atoms with Crippen LogP contribution < -0.4 is 5.32 Å². The molecule has 2 heterocycles. The second-order valence-corrected chi connectivity index (χ2v) is 5.01. The van der Waals surface area contributed by atoms with Crippen molar-refractivity contribution in [2.24, 2.45) is 0 Å². The maximum absolute atomic E-state index is 4.29. The molecular formula is C16H18N4. The monoisotopic (exact) mass is 266 g/mol. The van der Waals surface area contributed by atoms with Crippen LogP contribution in [-0.2, 0) is 0 Å². The Labute approximate surface area is 118 Å². The van der Waals surface area contributed by atoms with E-state index in [-0.39, 0.29) is 12.1 Å². The minimum absolute atomic E-state index is 0.127. The quantitative estimate of drug-likeness (QED) is 0.789. The molecule has 1 N–H and O–H groups in total. The molecule has 3 rings (SSSR count). The van der Waals surface area contributed by atoms with Gasteiger partial charge in [0.25, 0.3) is 0 Å². The van der Waals surface area contributed by atoms with Crippen molar-refractivity contribution in [2.45, 2.75) is 25.9 Å². The van der Waals surface area contributed by atoms with E-state index in [4.69, 9.17) is 0 Å². The number of hydrogen-bond acceptors (Lipinski definition) is 3. The van der Waals surface area contributed by atoms with Crippen LogP contribution >= 0.6 is 0 Å². The Bertz CT molecular complexity index is 690. The Morgan fingerprint density at radius 3 is 2.45 bits per heavy atom. The normalized spacial score (nSPS) is 14.3. The number of benzene rings is 1. The van der Waals surface area contributed by atoms with Gasteiger partial charge in [-0.2, -0.15) is 0 Å². The molecule has 0 fully saturated rings. The molecule has 0 aliphatic heterocycles. The molecule has 1 aromatic carbocycles. The second kappa shape index (κ2) is 5.43. The smallest absolute Gasteiger partial charge is 0.160 e. The van der Waals surface area contributed by atoms with E-state index < -0.39 is 0 Å². The molecule has 0 aliphatic rings. The Kier molecular flexibility index (Phi) is 3.48. The largest absolute Gasteiger partial charge is 0.301 e. The van der Waals surface area contributed by atoms with E-state index in [0.29, 0.717) is 0 Å². The average molecular weight is 266 g/mol. The summed E-state index contributed by atoms with van der Waals surface area (Å²) in [7, 11) is 0. The molecule has 0 radical (unpaired) electrons. The molecule has 2 unspecified atom stereocenters. The van der Waals surface area contributed by atoms with Crippen molar-refractivity contribution in [3.05, 3.63) is 66.1 Å². The highest BCUT2D eigenvalue weighted by Gasteiger charge is 2.15. The van der Waals surface area contributed by atoms with Crippen molar-refractivity contribution in [1.29, 1.82) is 0 Å². The van der Waals surface area contributed by atoms with Crippen LogP contribution in [0.5, 0.6) is 0 Å². The molecule has 2 atom stereocenters. The molecule has 102 valence electrons. The zero-order chi connectivity index (χ0) is 13.9. The summed E-state index contributed by atoms with van der Waals surface area (Å²) in [4.78, 5) is 0. The predicted octanol–water partition coefficient (Wildman–Crippen LogP) is 3.14. The summed E-state index contributed by atoms with van der Waals surface area (Å²) in [5.74, 6) is 0.934. The summed E-state index contributed by atoms with van der Waals surface area (Å²) in [6, 6.07) is 16.7. The van der Waals surface area contributed by atoms with Crippen LogP contribution in [0.1, 0.15) is 37.3 Å². The van der Waals surface area contributed by atoms with Crippen LogP contribution in [0.25, 0.3) is 5.65 Å². The van der Waals surface area contributed by atoms with Gasteiger partial charge in [-0.3, -0.25) is 4.40 Å². The lowest BCUT2D eigenvalue weighted by atomic mass is 10.1. The van der Waals surface area contributed by atoms with Gasteiger partial charge < -0.3 is 5.32 Å². The summed E-state index contributed by atoms with van der Waals surface area (Å²) in [5.41, 5.74) is 2.15. The fraction of sp³-hybridized carbons (Fsp3) is 0.250. The number of fused-ring (bicyclic) bond motifs is 1. The van der Waals surface area contributed by atoms with Crippen molar-refractivity contribution in [3.63, 3.8) is 0 Å². The van der Waals surface area contributed by atoms with E-state index in [9.17, 15) is 0 Å². The van der Waals surface area contributed by atoms with Gasteiger partial charge in [0, 0.05) is 12.2 Å². The minimum Gasteiger partial charge on any atom is -0.301 e. The Hall–Kier alpha value is -2.20. The number of rotatable bonds is 4. The molecule has 0 spiro atoms. The second-order valence-electron chi connectivity index (χ2n) is 5.01. The summed E-state index contributed by atoms with van der Waals surface area (Å²) in [5, 5.41) is 12.1. The Morgan fingerprint density at radius 2 is 1.65 bits per heavy atom. The highest BCUT2D eigenvalue weighted by molar-refractivity contribution is 5.37. The van der Waals surface area contributed by atoms with Crippen molar-refractivity contribution in [3.8, 4) is 0 Å². The molecule has 0 amide bonds. The average Bonchev–Trinajstić information content (AvgIpc) is 2.92. The van der Waals surface area contributed by atoms with Crippen molar-refractivity contribution < 1.29 is 0 Å². The fourth-order valence-electron chi connectivity index (χ4n) is 2.44. The first-order valence-corrected chi connectivity index (χ1v) is 6.86. The van der Waals surface area contributed by atoms with E-state index in [1.54, 1.807) is 0 Å². The van der Waals surface area contributed by atoms with Crippen molar-refractivity contribution >= 4 is 5.65 Å². The molecule has 0 bridgehead atoms. The summed E-state index contributed by atoms with van der Waals surface area (Å²) in [6.45, 7) is 4.28. The van der Waals surface area contributed by atoms with Gasteiger partial charge in [0.05, 0.1) is 6.04 Å². The van der Waals surface area contributed by atoms with Crippen LogP contribution in [-0.4, -0.2) is 14.6 Å². The lowest BCUT2D eigenvalue weighted by Crippen LogP contribution is -2.24. The third-order valence-electron chi connectivity index (χ3n) is 3.53. The third kappa shape index (κ3) is 2.42. The summed E-state index contributed by atoms with van der Waals surface area (Å²) >= 11 is 0. The zero-order valence-electron chi connectivity index (χ0n) is 11.7. The number of pyridine rings is 1. The lowest BCUT2D eigenvalue weighted by Gasteiger charge is -2.19. The van der Waals surface area contributed by atoms with Crippen LogP contribution in [0.2, 0.25) is 0 Å². The number of aromatic nitrogens is 3. The van der Waals surface area contributed by atoms with E-state index in [2.05, 4.69) is 53.6 Å². The molecule has 0 saturated heterocycles. The lowest BCUT2D eigenvalue weighted by molar-refractivity contribution is 0.473. The van der Waals surface area contributed by atoms with E-state index in [1.807, 2.05) is 34.9 Å². The van der Waals surface area contributed by atoms with Gasteiger partial charge >= 0.3 is 0 Å².